The Morgan fingerprint density at radius 3 is 2.80 bits per heavy atom. The second-order valence-corrected chi connectivity index (χ2v) is 3.96. The van der Waals surface area contributed by atoms with Crippen LogP contribution in [0.25, 0.3) is 0 Å². The van der Waals surface area contributed by atoms with Gasteiger partial charge in [0.15, 0.2) is 0 Å². The first kappa shape index (κ1) is 12.0. The van der Waals surface area contributed by atoms with Crippen molar-refractivity contribution in [2.75, 3.05) is 6.61 Å². The fourth-order valence-electron chi connectivity index (χ4n) is 1.16. The molecule has 0 aliphatic heterocycles. The minimum Gasteiger partial charge on any atom is -0.475 e. The molecule has 0 saturated heterocycles. The van der Waals surface area contributed by atoms with Crippen molar-refractivity contribution >= 4 is 0 Å². The third kappa shape index (κ3) is 3.88. The lowest BCUT2D eigenvalue weighted by atomic mass is 10.1. The van der Waals surface area contributed by atoms with Crippen LogP contribution in [0.15, 0.2) is 18.3 Å². The summed E-state index contributed by atoms with van der Waals surface area (Å²) in [5, 5.41) is 9.34. The lowest BCUT2D eigenvalue weighted by Gasteiger charge is -2.11. The smallest absolute Gasteiger partial charge is 0.213 e. The highest BCUT2D eigenvalue weighted by Crippen LogP contribution is 2.17. The Labute approximate surface area is 91.1 Å². The number of aliphatic hydroxyl groups excluding tert-OH is 1. The standard InChI is InChI=1S/C12H19NO2/c1-4-11(14)8-15-12-7-10(9(2)3)5-6-13-12/h5-7,9,11,14H,4,8H2,1-3H3/t11-/m1/s1. The first-order chi connectivity index (χ1) is 7.13. The Morgan fingerprint density at radius 1 is 1.47 bits per heavy atom. The van der Waals surface area contributed by atoms with E-state index in [1.807, 2.05) is 19.1 Å². The van der Waals surface area contributed by atoms with Crippen LogP contribution < -0.4 is 4.74 Å². The topological polar surface area (TPSA) is 42.4 Å². The molecule has 0 aromatic carbocycles. The zero-order valence-electron chi connectivity index (χ0n) is 9.60. The maximum absolute atomic E-state index is 9.34. The highest BCUT2D eigenvalue weighted by Gasteiger charge is 2.05. The van der Waals surface area contributed by atoms with Crippen LogP contribution in [-0.4, -0.2) is 22.8 Å². The highest BCUT2D eigenvalue weighted by molar-refractivity contribution is 5.23. The van der Waals surface area contributed by atoms with Gasteiger partial charge in [-0.05, 0) is 24.0 Å². The number of aliphatic hydroxyl groups is 1. The van der Waals surface area contributed by atoms with E-state index in [0.717, 1.165) is 0 Å². The van der Waals surface area contributed by atoms with Crippen LogP contribution in [0.1, 0.15) is 38.7 Å². The molecule has 0 bridgehead atoms. The Balaban J connectivity index is 2.58. The molecule has 1 aromatic heterocycles. The van der Waals surface area contributed by atoms with Gasteiger partial charge in [-0.2, -0.15) is 0 Å². The predicted molar refractivity (Wildman–Crippen MR) is 60.1 cm³/mol. The fraction of sp³-hybridized carbons (Fsp3) is 0.583. The number of nitrogens with zero attached hydrogens (tertiary/aromatic N) is 1. The third-order valence-corrected chi connectivity index (χ3v) is 2.32. The van der Waals surface area contributed by atoms with Gasteiger partial charge in [0.1, 0.15) is 6.61 Å². The van der Waals surface area contributed by atoms with E-state index in [9.17, 15) is 5.11 Å². The molecule has 0 aliphatic carbocycles. The van der Waals surface area contributed by atoms with Crippen molar-refractivity contribution in [3.05, 3.63) is 23.9 Å². The van der Waals surface area contributed by atoms with Crippen LogP contribution in [0.4, 0.5) is 0 Å². The summed E-state index contributed by atoms with van der Waals surface area (Å²) < 4.78 is 5.39. The van der Waals surface area contributed by atoms with Gasteiger partial charge in [0.05, 0.1) is 6.10 Å². The van der Waals surface area contributed by atoms with Crippen LogP contribution in [0.5, 0.6) is 5.88 Å². The van der Waals surface area contributed by atoms with Crippen LogP contribution in [0.2, 0.25) is 0 Å². The third-order valence-electron chi connectivity index (χ3n) is 2.32. The number of hydrogen-bond acceptors (Lipinski definition) is 3. The quantitative estimate of drug-likeness (QED) is 0.809. The summed E-state index contributed by atoms with van der Waals surface area (Å²) in [6.07, 6.45) is 2.03. The van der Waals surface area contributed by atoms with Crippen LogP contribution in [-0.2, 0) is 0 Å². The molecule has 0 saturated carbocycles. The lowest BCUT2D eigenvalue weighted by Crippen LogP contribution is -2.16. The number of aromatic nitrogens is 1. The van der Waals surface area contributed by atoms with E-state index < -0.39 is 6.10 Å². The average molecular weight is 209 g/mol. The SMILES string of the molecule is CC[C@@H](O)COc1cc(C(C)C)ccn1. The van der Waals surface area contributed by atoms with E-state index in [1.54, 1.807) is 6.20 Å². The Kier molecular flexibility index (Phi) is 4.56. The maximum atomic E-state index is 9.34. The van der Waals surface area contributed by atoms with Crippen molar-refractivity contribution in [2.24, 2.45) is 0 Å². The van der Waals surface area contributed by atoms with Gasteiger partial charge in [0, 0.05) is 12.3 Å². The summed E-state index contributed by atoms with van der Waals surface area (Å²) in [4.78, 5) is 4.09. The second-order valence-electron chi connectivity index (χ2n) is 3.96. The molecular formula is C12H19NO2. The van der Waals surface area contributed by atoms with Crippen molar-refractivity contribution in [1.82, 2.24) is 4.98 Å². The molecule has 1 heterocycles. The molecule has 3 nitrogen and oxygen atoms in total. The second kappa shape index (κ2) is 5.71. The molecule has 0 fully saturated rings. The Morgan fingerprint density at radius 2 is 2.20 bits per heavy atom. The van der Waals surface area contributed by atoms with Crippen molar-refractivity contribution in [1.29, 1.82) is 0 Å². The van der Waals surface area contributed by atoms with E-state index >= 15 is 0 Å². The van der Waals surface area contributed by atoms with Gasteiger partial charge in [-0.1, -0.05) is 20.8 Å². The van der Waals surface area contributed by atoms with E-state index in [0.29, 0.717) is 24.8 Å². The van der Waals surface area contributed by atoms with Gasteiger partial charge in [-0.15, -0.1) is 0 Å². The summed E-state index contributed by atoms with van der Waals surface area (Å²) in [5.74, 6) is 1.06. The lowest BCUT2D eigenvalue weighted by molar-refractivity contribution is 0.102. The summed E-state index contributed by atoms with van der Waals surface area (Å²) in [5.41, 5.74) is 1.20. The molecule has 3 heteroatoms. The van der Waals surface area contributed by atoms with E-state index in [-0.39, 0.29) is 0 Å². The molecule has 1 atom stereocenters. The summed E-state index contributed by atoms with van der Waals surface area (Å²) in [6.45, 7) is 6.48. The molecule has 0 amide bonds. The number of hydrogen-bond donors (Lipinski definition) is 1. The van der Waals surface area contributed by atoms with Crippen molar-refractivity contribution in [3.63, 3.8) is 0 Å². The van der Waals surface area contributed by atoms with Gasteiger partial charge >= 0.3 is 0 Å². The first-order valence-corrected chi connectivity index (χ1v) is 5.40. The zero-order valence-corrected chi connectivity index (χ0v) is 9.60. The monoisotopic (exact) mass is 209 g/mol. The summed E-state index contributed by atoms with van der Waals surface area (Å²) in [7, 11) is 0. The van der Waals surface area contributed by atoms with Gasteiger partial charge in [0.2, 0.25) is 5.88 Å². The van der Waals surface area contributed by atoms with E-state index in [1.165, 1.54) is 5.56 Å². The largest absolute Gasteiger partial charge is 0.475 e. The fourth-order valence-corrected chi connectivity index (χ4v) is 1.16. The van der Waals surface area contributed by atoms with E-state index in [4.69, 9.17) is 4.74 Å². The molecule has 0 aliphatic rings. The number of pyridine rings is 1. The first-order valence-electron chi connectivity index (χ1n) is 5.40. The van der Waals surface area contributed by atoms with Gasteiger partial charge < -0.3 is 9.84 Å². The molecular weight excluding hydrogens is 190 g/mol. The van der Waals surface area contributed by atoms with Crippen LogP contribution >= 0.6 is 0 Å². The average Bonchev–Trinajstić information content (AvgIpc) is 2.26. The minimum atomic E-state index is -0.408. The van der Waals surface area contributed by atoms with E-state index in [2.05, 4.69) is 18.8 Å². The summed E-state index contributed by atoms with van der Waals surface area (Å²) >= 11 is 0. The van der Waals surface area contributed by atoms with Gasteiger partial charge in [-0.3, -0.25) is 0 Å². The van der Waals surface area contributed by atoms with Crippen molar-refractivity contribution in [3.8, 4) is 5.88 Å². The molecule has 0 unspecified atom stereocenters. The van der Waals surface area contributed by atoms with Crippen LogP contribution in [0, 0.1) is 0 Å². The predicted octanol–water partition coefficient (Wildman–Crippen LogP) is 2.35. The highest BCUT2D eigenvalue weighted by atomic mass is 16.5. The van der Waals surface area contributed by atoms with Crippen molar-refractivity contribution < 1.29 is 9.84 Å². The Hall–Kier alpha value is -1.09. The molecule has 84 valence electrons. The normalized spacial score (nSPS) is 12.9. The molecule has 1 N–H and O–H groups in total. The van der Waals surface area contributed by atoms with Crippen LogP contribution in [0.3, 0.4) is 0 Å². The molecule has 15 heavy (non-hydrogen) atoms. The Bertz CT molecular complexity index is 299. The zero-order chi connectivity index (χ0) is 11.3. The molecule has 1 rings (SSSR count). The minimum absolute atomic E-state index is 0.311. The van der Waals surface area contributed by atoms with Crippen molar-refractivity contribution in [2.45, 2.75) is 39.2 Å². The molecule has 1 aromatic rings. The summed E-state index contributed by atoms with van der Waals surface area (Å²) in [6, 6.07) is 3.90. The molecule has 0 radical (unpaired) electrons. The molecule has 0 spiro atoms. The van der Waals surface area contributed by atoms with Gasteiger partial charge in [-0.25, -0.2) is 4.98 Å². The number of rotatable bonds is 5. The van der Waals surface area contributed by atoms with Gasteiger partial charge in [0.25, 0.3) is 0 Å². The maximum Gasteiger partial charge on any atom is 0.213 e. The number of ether oxygens (including phenoxy) is 1.